The highest BCUT2D eigenvalue weighted by atomic mass is 16.5. The third-order valence-corrected chi connectivity index (χ3v) is 12.5. The number of hydrogen-bond acceptors (Lipinski definition) is 3. The predicted octanol–water partition coefficient (Wildman–Crippen LogP) is 5.68. The Hall–Kier alpha value is -0.120. The molecule has 2 N–H and O–H groups in total. The van der Waals surface area contributed by atoms with Gasteiger partial charge in [-0.05, 0) is 118 Å². The molecule has 178 valence electrons. The van der Waals surface area contributed by atoms with E-state index in [1.165, 1.54) is 51.4 Å². The van der Waals surface area contributed by atoms with Gasteiger partial charge in [0, 0.05) is 25.0 Å². The van der Waals surface area contributed by atoms with Crippen LogP contribution in [0.1, 0.15) is 92.4 Å². The summed E-state index contributed by atoms with van der Waals surface area (Å²) in [5, 5.41) is 20.5. The minimum atomic E-state index is -0.805. The van der Waals surface area contributed by atoms with Crippen LogP contribution in [-0.2, 0) is 4.74 Å². The summed E-state index contributed by atoms with van der Waals surface area (Å²) in [6.45, 7) is 11.5. The van der Waals surface area contributed by atoms with Gasteiger partial charge < -0.3 is 14.9 Å². The van der Waals surface area contributed by atoms with Gasteiger partial charge in [-0.1, -0.05) is 20.8 Å². The maximum Gasteiger partial charge on any atom is 0.0641 e. The van der Waals surface area contributed by atoms with Crippen LogP contribution >= 0.6 is 0 Å². The molecule has 0 unspecified atom stereocenters. The summed E-state index contributed by atoms with van der Waals surface area (Å²) < 4.78 is 6.27. The molecule has 0 aromatic heterocycles. The van der Waals surface area contributed by atoms with Crippen LogP contribution < -0.4 is 0 Å². The number of fused-ring (bicyclic) bond motifs is 4. The Labute approximate surface area is 190 Å². The first-order valence-electron chi connectivity index (χ1n) is 13.4. The first kappa shape index (κ1) is 22.7. The van der Waals surface area contributed by atoms with E-state index in [-0.39, 0.29) is 12.5 Å². The molecule has 0 radical (unpaired) electrons. The number of aliphatic hydroxyl groups is 2. The van der Waals surface area contributed by atoms with Crippen molar-refractivity contribution in [2.24, 2.45) is 57.7 Å². The second-order valence-electron chi connectivity index (χ2n) is 13.7. The molecular weight excluding hydrogens is 384 g/mol. The second kappa shape index (κ2) is 7.19. The van der Waals surface area contributed by atoms with E-state index in [0.717, 1.165) is 36.0 Å². The summed E-state index contributed by atoms with van der Waals surface area (Å²) in [6.07, 6.45) is 12.5. The van der Waals surface area contributed by atoms with Crippen LogP contribution in [0.3, 0.4) is 0 Å². The first-order chi connectivity index (χ1) is 14.5. The molecule has 3 nitrogen and oxygen atoms in total. The zero-order valence-corrected chi connectivity index (χ0v) is 21.0. The van der Waals surface area contributed by atoms with E-state index in [1.54, 1.807) is 0 Å². The quantitative estimate of drug-likeness (QED) is 0.568. The fraction of sp³-hybridized carbons (Fsp3) is 1.00. The van der Waals surface area contributed by atoms with Gasteiger partial charge in [-0.2, -0.15) is 0 Å². The van der Waals surface area contributed by atoms with Crippen molar-refractivity contribution in [1.82, 2.24) is 0 Å². The van der Waals surface area contributed by atoms with Crippen molar-refractivity contribution in [2.45, 2.75) is 104 Å². The summed E-state index contributed by atoms with van der Waals surface area (Å²) in [7, 11) is 1.99. The molecule has 0 amide bonds. The largest absolute Gasteiger partial charge is 0.396 e. The lowest BCUT2D eigenvalue weighted by Crippen LogP contribution is -2.57. The van der Waals surface area contributed by atoms with Gasteiger partial charge in [0.1, 0.15) is 0 Å². The van der Waals surface area contributed by atoms with Crippen LogP contribution in [0.4, 0.5) is 0 Å². The summed E-state index contributed by atoms with van der Waals surface area (Å²) in [5.41, 5.74) is 0.639. The van der Waals surface area contributed by atoms with Crippen LogP contribution in [0.15, 0.2) is 0 Å². The van der Waals surface area contributed by atoms with Crippen LogP contribution in [0, 0.1) is 57.7 Å². The van der Waals surface area contributed by atoms with Crippen molar-refractivity contribution in [1.29, 1.82) is 0 Å². The van der Waals surface area contributed by atoms with Crippen LogP contribution in [-0.4, -0.2) is 35.6 Å². The number of rotatable bonds is 6. The van der Waals surface area contributed by atoms with Crippen LogP contribution in [0.2, 0.25) is 0 Å². The van der Waals surface area contributed by atoms with Gasteiger partial charge in [0.15, 0.2) is 0 Å². The molecular formula is C28H48O3. The number of methoxy groups -OCH3 is 1. The minimum absolute atomic E-state index is 0.0295. The molecule has 5 rings (SSSR count). The van der Waals surface area contributed by atoms with Crippen molar-refractivity contribution in [3.63, 3.8) is 0 Å². The fourth-order valence-electron chi connectivity index (χ4n) is 10.8. The highest BCUT2D eigenvalue weighted by Crippen LogP contribution is 2.82. The lowest BCUT2D eigenvalue weighted by molar-refractivity contribution is -0.161. The average molecular weight is 433 g/mol. The number of ether oxygens (including phenoxy) is 1. The van der Waals surface area contributed by atoms with E-state index >= 15 is 0 Å². The molecule has 3 heteroatoms. The summed E-state index contributed by atoms with van der Waals surface area (Å²) in [4.78, 5) is 0. The molecule has 5 aliphatic carbocycles. The van der Waals surface area contributed by atoms with E-state index < -0.39 is 5.60 Å². The molecule has 0 heterocycles. The standard InChI is InChI=1S/C28H48O3/c1-17(13-19(16-29)25(2,3)30)21-7-8-22-20-14-24(31-6)28-15-18(28)9-12-27(28,5)23(20)10-11-26(21,22)4/h17-24,29-30H,7-16H2,1-6H3/t17-,18+,19+,20+,21-,22+,23+,24-,26-,27-,28+/m1/s1. The molecule has 0 aromatic carbocycles. The third-order valence-electron chi connectivity index (χ3n) is 12.5. The lowest BCUT2D eigenvalue weighted by Gasteiger charge is -2.61. The average Bonchev–Trinajstić information content (AvgIpc) is 3.21. The van der Waals surface area contributed by atoms with Crippen molar-refractivity contribution in [3.8, 4) is 0 Å². The van der Waals surface area contributed by atoms with Crippen LogP contribution in [0.25, 0.3) is 0 Å². The highest BCUT2D eigenvalue weighted by molar-refractivity contribution is 5.26. The van der Waals surface area contributed by atoms with E-state index in [4.69, 9.17) is 4.74 Å². The van der Waals surface area contributed by atoms with Gasteiger partial charge in [-0.25, -0.2) is 0 Å². The number of aliphatic hydroxyl groups excluding tert-OH is 1. The highest BCUT2D eigenvalue weighted by Gasteiger charge is 2.77. The van der Waals surface area contributed by atoms with Crippen molar-refractivity contribution in [2.75, 3.05) is 13.7 Å². The molecule has 1 spiro atoms. The Morgan fingerprint density at radius 2 is 1.81 bits per heavy atom. The fourth-order valence-corrected chi connectivity index (χ4v) is 10.8. The van der Waals surface area contributed by atoms with Gasteiger partial charge in [0.05, 0.1) is 11.7 Å². The van der Waals surface area contributed by atoms with E-state index in [2.05, 4.69) is 20.8 Å². The SMILES string of the molecule is CO[C@@H]1C[C@H]2[C@@H]3CC[C@H]([C@H](C)C[C@@H](CO)C(C)(C)O)[C@@]3(C)CC[C@@H]2[C@@]2(C)CC[C@H]3C[C@]312. The van der Waals surface area contributed by atoms with Gasteiger partial charge >= 0.3 is 0 Å². The molecule has 5 saturated carbocycles. The molecule has 5 aliphatic rings. The Kier molecular flexibility index (Phi) is 5.25. The van der Waals surface area contributed by atoms with Gasteiger partial charge in [0.25, 0.3) is 0 Å². The van der Waals surface area contributed by atoms with E-state index in [0.29, 0.717) is 28.3 Å². The van der Waals surface area contributed by atoms with Gasteiger partial charge in [-0.15, -0.1) is 0 Å². The Morgan fingerprint density at radius 1 is 1.06 bits per heavy atom. The Bertz CT molecular complexity index is 699. The lowest BCUT2D eigenvalue weighted by atomic mass is 9.45. The molecule has 0 aromatic rings. The van der Waals surface area contributed by atoms with E-state index in [9.17, 15) is 10.2 Å². The zero-order valence-electron chi connectivity index (χ0n) is 21.0. The van der Waals surface area contributed by atoms with Crippen molar-refractivity contribution in [3.05, 3.63) is 0 Å². The molecule has 0 aliphatic heterocycles. The van der Waals surface area contributed by atoms with Gasteiger partial charge in [-0.3, -0.25) is 0 Å². The number of hydrogen-bond donors (Lipinski definition) is 2. The smallest absolute Gasteiger partial charge is 0.0641 e. The van der Waals surface area contributed by atoms with Gasteiger partial charge in [0.2, 0.25) is 0 Å². The van der Waals surface area contributed by atoms with Crippen molar-refractivity contribution < 1.29 is 14.9 Å². The summed E-state index contributed by atoms with van der Waals surface area (Å²) in [5.74, 6) is 4.76. The topological polar surface area (TPSA) is 49.7 Å². The maximum absolute atomic E-state index is 10.5. The zero-order chi connectivity index (χ0) is 22.4. The minimum Gasteiger partial charge on any atom is -0.396 e. The predicted molar refractivity (Wildman–Crippen MR) is 124 cm³/mol. The molecule has 5 fully saturated rings. The summed E-state index contributed by atoms with van der Waals surface area (Å²) in [6, 6.07) is 0. The molecule has 0 bridgehead atoms. The molecule has 0 saturated heterocycles. The van der Waals surface area contributed by atoms with E-state index in [1.807, 2.05) is 21.0 Å². The van der Waals surface area contributed by atoms with Crippen LogP contribution in [0.5, 0.6) is 0 Å². The summed E-state index contributed by atoms with van der Waals surface area (Å²) >= 11 is 0. The maximum atomic E-state index is 10.5. The Balaban J connectivity index is 1.38. The molecule has 31 heavy (non-hydrogen) atoms. The normalized spacial score (nSPS) is 52.6. The molecule has 11 atom stereocenters. The monoisotopic (exact) mass is 432 g/mol. The third kappa shape index (κ3) is 2.94. The Morgan fingerprint density at radius 3 is 2.42 bits per heavy atom. The second-order valence-corrected chi connectivity index (χ2v) is 13.7. The first-order valence-corrected chi connectivity index (χ1v) is 13.4. The van der Waals surface area contributed by atoms with Crippen molar-refractivity contribution >= 4 is 0 Å².